The first-order valence-electron chi connectivity index (χ1n) is 6.25. The predicted molar refractivity (Wildman–Crippen MR) is 82.1 cm³/mol. The molecule has 104 valence electrons. The van der Waals surface area contributed by atoms with E-state index in [4.69, 9.17) is 0 Å². The van der Waals surface area contributed by atoms with Gasteiger partial charge in [-0.15, -0.1) is 0 Å². The van der Waals surface area contributed by atoms with Gasteiger partial charge in [-0.25, -0.2) is 4.79 Å². The van der Waals surface area contributed by atoms with Gasteiger partial charge in [0, 0.05) is 3.57 Å². The fourth-order valence-corrected chi connectivity index (χ4v) is 2.57. The molecule has 2 unspecified atom stereocenters. The summed E-state index contributed by atoms with van der Waals surface area (Å²) in [5, 5.41) is 11.8. The minimum absolute atomic E-state index is 0.0900. The second kappa shape index (κ2) is 7.47. The van der Waals surface area contributed by atoms with Gasteiger partial charge in [-0.3, -0.25) is 4.79 Å². The fraction of sp³-hybridized carbons (Fsp3) is 0.429. The van der Waals surface area contributed by atoms with Crippen molar-refractivity contribution in [3.8, 4) is 0 Å². The molecule has 0 heterocycles. The molecular formula is C14H18INO3. The molecule has 0 bridgehead atoms. The molecule has 2 atom stereocenters. The summed E-state index contributed by atoms with van der Waals surface area (Å²) in [6.07, 6.45) is 1.66. The quantitative estimate of drug-likeness (QED) is 0.752. The molecule has 4 nitrogen and oxygen atoms in total. The second-order valence-corrected chi connectivity index (χ2v) is 5.70. The van der Waals surface area contributed by atoms with E-state index in [1.165, 1.54) is 0 Å². The van der Waals surface area contributed by atoms with Gasteiger partial charge in [0.15, 0.2) is 0 Å². The van der Waals surface area contributed by atoms with Gasteiger partial charge in [-0.1, -0.05) is 32.4 Å². The summed E-state index contributed by atoms with van der Waals surface area (Å²) >= 11 is 2.07. The van der Waals surface area contributed by atoms with Crippen molar-refractivity contribution < 1.29 is 14.7 Å². The third-order valence-electron chi connectivity index (χ3n) is 2.98. The van der Waals surface area contributed by atoms with Crippen LogP contribution in [0.3, 0.4) is 0 Å². The van der Waals surface area contributed by atoms with Crippen molar-refractivity contribution >= 4 is 34.5 Å². The van der Waals surface area contributed by atoms with Crippen LogP contribution < -0.4 is 5.32 Å². The van der Waals surface area contributed by atoms with E-state index in [0.717, 1.165) is 16.4 Å². The van der Waals surface area contributed by atoms with Crippen LogP contribution in [0.15, 0.2) is 24.3 Å². The summed E-state index contributed by atoms with van der Waals surface area (Å²) in [5.41, 5.74) is 0.512. The van der Waals surface area contributed by atoms with Crippen LogP contribution in [0.5, 0.6) is 0 Å². The Balaban J connectivity index is 2.83. The monoisotopic (exact) mass is 375 g/mol. The lowest BCUT2D eigenvalue weighted by Crippen LogP contribution is -2.45. The maximum Gasteiger partial charge on any atom is 0.326 e. The molecule has 1 aromatic rings. The molecule has 5 heteroatoms. The molecule has 0 fully saturated rings. The van der Waals surface area contributed by atoms with Crippen LogP contribution in [-0.2, 0) is 4.79 Å². The van der Waals surface area contributed by atoms with Gasteiger partial charge in [-0.2, -0.15) is 0 Å². The van der Waals surface area contributed by atoms with Crippen molar-refractivity contribution in [2.24, 2.45) is 5.92 Å². The predicted octanol–water partition coefficient (Wildman–Crippen LogP) is 2.91. The summed E-state index contributed by atoms with van der Waals surface area (Å²) in [6, 6.07) is 6.28. The first-order valence-corrected chi connectivity index (χ1v) is 7.33. The molecule has 0 radical (unpaired) electrons. The number of rotatable bonds is 6. The third-order valence-corrected chi connectivity index (χ3v) is 3.92. The maximum atomic E-state index is 12.1. The van der Waals surface area contributed by atoms with Crippen molar-refractivity contribution in [1.82, 2.24) is 5.32 Å². The maximum absolute atomic E-state index is 12.1. The number of hydrogen-bond acceptors (Lipinski definition) is 2. The summed E-state index contributed by atoms with van der Waals surface area (Å²) in [6.45, 7) is 3.84. The van der Waals surface area contributed by atoms with Crippen LogP contribution in [0.1, 0.15) is 37.0 Å². The number of nitrogens with one attached hydrogen (secondary N) is 1. The number of carbonyl (C=O) groups excluding carboxylic acids is 1. The molecule has 19 heavy (non-hydrogen) atoms. The number of carbonyl (C=O) groups is 2. The number of amides is 1. The lowest BCUT2D eigenvalue weighted by Gasteiger charge is -2.21. The Morgan fingerprint density at radius 1 is 1.37 bits per heavy atom. The number of halogens is 1. The Morgan fingerprint density at radius 2 is 2.00 bits per heavy atom. The molecule has 0 aromatic heterocycles. The van der Waals surface area contributed by atoms with E-state index < -0.39 is 12.0 Å². The van der Waals surface area contributed by atoms with Gasteiger partial charge in [0.25, 0.3) is 5.91 Å². The van der Waals surface area contributed by atoms with Crippen molar-refractivity contribution in [2.45, 2.75) is 32.7 Å². The zero-order chi connectivity index (χ0) is 14.4. The van der Waals surface area contributed by atoms with Crippen LogP contribution in [-0.4, -0.2) is 23.0 Å². The van der Waals surface area contributed by atoms with Crippen LogP contribution in [0.4, 0.5) is 0 Å². The van der Waals surface area contributed by atoms with E-state index in [9.17, 15) is 14.7 Å². The highest BCUT2D eigenvalue weighted by atomic mass is 127. The zero-order valence-electron chi connectivity index (χ0n) is 11.0. The van der Waals surface area contributed by atoms with E-state index in [2.05, 4.69) is 27.9 Å². The van der Waals surface area contributed by atoms with Crippen LogP contribution in [0, 0.1) is 9.49 Å². The van der Waals surface area contributed by atoms with Gasteiger partial charge in [0.1, 0.15) is 6.04 Å². The summed E-state index contributed by atoms with van der Waals surface area (Å²) in [7, 11) is 0. The molecule has 1 rings (SSSR count). The lowest BCUT2D eigenvalue weighted by molar-refractivity contribution is -0.140. The molecule has 0 aliphatic carbocycles. The standard InChI is InChI=1S/C14H18INO3/c1-3-6-9(2)12(14(18)19)16-13(17)10-7-4-5-8-11(10)15/h4-5,7-9,12H,3,6H2,1-2H3,(H,16,17)(H,18,19). The Morgan fingerprint density at radius 3 is 2.53 bits per heavy atom. The van der Waals surface area contributed by atoms with E-state index >= 15 is 0 Å². The number of carboxylic acids is 1. The van der Waals surface area contributed by atoms with Gasteiger partial charge >= 0.3 is 5.97 Å². The van der Waals surface area contributed by atoms with E-state index in [1.54, 1.807) is 12.1 Å². The normalized spacial score (nSPS) is 13.6. The van der Waals surface area contributed by atoms with Crippen molar-refractivity contribution in [3.63, 3.8) is 0 Å². The Bertz CT molecular complexity index is 462. The summed E-state index contributed by atoms with van der Waals surface area (Å²) in [5.74, 6) is -1.41. The van der Waals surface area contributed by atoms with Crippen LogP contribution >= 0.6 is 22.6 Å². The first kappa shape index (κ1) is 15.9. The summed E-state index contributed by atoms with van der Waals surface area (Å²) < 4.78 is 0.810. The van der Waals surface area contributed by atoms with Crippen LogP contribution in [0.2, 0.25) is 0 Å². The molecule has 1 aromatic carbocycles. The fourth-order valence-electron chi connectivity index (χ4n) is 1.93. The molecule has 0 aliphatic rings. The number of aliphatic carboxylic acids is 1. The highest BCUT2D eigenvalue weighted by Crippen LogP contribution is 2.14. The van der Waals surface area contributed by atoms with Crippen LogP contribution in [0.25, 0.3) is 0 Å². The van der Waals surface area contributed by atoms with E-state index in [0.29, 0.717) is 5.56 Å². The first-order chi connectivity index (χ1) is 8.97. The van der Waals surface area contributed by atoms with Gasteiger partial charge in [0.05, 0.1) is 5.56 Å². The summed E-state index contributed by atoms with van der Waals surface area (Å²) in [4.78, 5) is 23.4. The van der Waals surface area contributed by atoms with E-state index in [-0.39, 0.29) is 11.8 Å². The molecule has 0 saturated heterocycles. The number of hydrogen-bond donors (Lipinski definition) is 2. The number of benzene rings is 1. The molecule has 0 saturated carbocycles. The highest BCUT2D eigenvalue weighted by molar-refractivity contribution is 14.1. The molecule has 0 spiro atoms. The van der Waals surface area contributed by atoms with Crippen molar-refractivity contribution in [1.29, 1.82) is 0 Å². The minimum Gasteiger partial charge on any atom is -0.480 e. The topological polar surface area (TPSA) is 66.4 Å². The lowest BCUT2D eigenvalue weighted by atomic mass is 9.96. The van der Waals surface area contributed by atoms with Gasteiger partial charge in [0.2, 0.25) is 0 Å². The SMILES string of the molecule is CCCC(C)C(NC(=O)c1ccccc1I)C(=O)O. The minimum atomic E-state index is -0.986. The van der Waals surface area contributed by atoms with Gasteiger partial charge in [-0.05, 0) is 47.1 Å². The van der Waals surface area contributed by atoms with Gasteiger partial charge < -0.3 is 10.4 Å². The highest BCUT2D eigenvalue weighted by Gasteiger charge is 2.26. The zero-order valence-corrected chi connectivity index (χ0v) is 13.2. The molecule has 2 N–H and O–H groups in total. The van der Waals surface area contributed by atoms with Crippen molar-refractivity contribution in [3.05, 3.63) is 33.4 Å². The molecule has 0 aliphatic heterocycles. The largest absolute Gasteiger partial charge is 0.480 e. The Hall–Kier alpha value is -1.11. The smallest absolute Gasteiger partial charge is 0.326 e. The number of carboxylic acid groups (broad SMARTS) is 1. The van der Waals surface area contributed by atoms with Crippen molar-refractivity contribution in [2.75, 3.05) is 0 Å². The Labute approximate surface area is 126 Å². The molecule has 1 amide bonds. The average Bonchev–Trinajstić information content (AvgIpc) is 2.36. The molecular weight excluding hydrogens is 357 g/mol. The Kier molecular flexibility index (Phi) is 6.27. The van der Waals surface area contributed by atoms with E-state index in [1.807, 2.05) is 26.0 Å². The third kappa shape index (κ3) is 4.49. The second-order valence-electron chi connectivity index (χ2n) is 4.54. The average molecular weight is 375 g/mol.